The van der Waals surface area contributed by atoms with Gasteiger partial charge in [0.1, 0.15) is 5.60 Å². The van der Waals surface area contributed by atoms with Gasteiger partial charge in [0.15, 0.2) is 5.78 Å². The highest BCUT2D eigenvalue weighted by molar-refractivity contribution is 5.85. The summed E-state index contributed by atoms with van der Waals surface area (Å²) >= 11 is 0. The van der Waals surface area contributed by atoms with Gasteiger partial charge in [-0.05, 0) is 43.9 Å². The summed E-state index contributed by atoms with van der Waals surface area (Å²) in [6, 6.07) is 0. The monoisotopic (exact) mass is 198 g/mol. The first kappa shape index (κ1) is 11.7. The summed E-state index contributed by atoms with van der Waals surface area (Å²) in [6.45, 7) is 7.83. The average molecular weight is 198 g/mol. The van der Waals surface area contributed by atoms with Crippen LogP contribution in [0.25, 0.3) is 0 Å². The second-order valence-electron chi connectivity index (χ2n) is 5.17. The van der Waals surface area contributed by atoms with E-state index in [0.717, 1.165) is 12.8 Å². The van der Waals surface area contributed by atoms with Crippen molar-refractivity contribution < 1.29 is 9.90 Å². The van der Waals surface area contributed by atoms with E-state index in [4.69, 9.17) is 0 Å². The Kier molecular flexibility index (Phi) is 3.36. The van der Waals surface area contributed by atoms with Crippen molar-refractivity contribution in [2.45, 2.75) is 52.6 Å². The van der Waals surface area contributed by atoms with Gasteiger partial charge in [-0.25, -0.2) is 0 Å². The average Bonchev–Trinajstić information content (AvgIpc) is 2.09. The summed E-state index contributed by atoms with van der Waals surface area (Å²) in [7, 11) is 0. The van der Waals surface area contributed by atoms with Crippen molar-refractivity contribution in [1.29, 1.82) is 0 Å². The summed E-state index contributed by atoms with van der Waals surface area (Å²) in [5.74, 6) is 1.12. The van der Waals surface area contributed by atoms with E-state index < -0.39 is 5.60 Å². The predicted octanol–water partition coefficient (Wildman–Crippen LogP) is 2.40. The van der Waals surface area contributed by atoms with Crippen LogP contribution < -0.4 is 0 Å². The summed E-state index contributed by atoms with van der Waals surface area (Å²) in [6.07, 6.45) is 2.77. The van der Waals surface area contributed by atoms with E-state index in [1.54, 1.807) is 0 Å². The molecule has 2 heteroatoms. The van der Waals surface area contributed by atoms with Crippen LogP contribution in [0.4, 0.5) is 0 Å². The third kappa shape index (κ3) is 2.00. The molecule has 0 aromatic carbocycles. The van der Waals surface area contributed by atoms with Gasteiger partial charge in [0, 0.05) is 0 Å². The minimum atomic E-state index is -1.05. The van der Waals surface area contributed by atoms with Crippen LogP contribution in [-0.4, -0.2) is 16.5 Å². The van der Waals surface area contributed by atoms with E-state index in [2.05, 4.69) is 13.8 Å². The Morgan fingerprint density at radius 1 is 1.43 bits per heavy atom. The van der Waals surface area contributed by atoms with E-state index in [1.807, 2.05) is 6.92 Å². The molecule has 82 valence electrons. The first-order valence-corrected chi connectivity index (χ1v) is 5.61. The van der Waals surface area contributed by atoms with Gasteiger partial charge in [-0.2, -0.15) is 0 Å². The lowest BCUT2D eigenvalue weighted by molar-refractivity contribution is -0.147. The van der Waals surface area contributed by atoms with Gasteiger partial charge < -0.3 is 5.11 Å². The fraction of sp³-hybridized carbons (Fsp3) is 0.917. The Balaban J connectivity index is 2.78. The number of carbonyl (C=O) groups excluding carboxylic acids is 1. The van der Waals surface area contributed by atoms with Gasteiger partial charge in [-0.1, -0.05) is 20.8 Å². The zero-order chi connectivity index (χ0) is 10.9. The quantitative estimate of drug-likeness (QED) is 0.739. The molecule has 1 fully saturated rings. The predicted molar refractivity (Wildman–Crippen MR) is 57.0 cm³/mol. The highest BCUT2D eigenvalue weighted by atomic mass is 16.3. The fourth-order valence-electron chi connectivity index (χ4n) is 2.47. The summed E-state index contributed by atoms with van der Waals surface area (Å²) in [4.78, 5) is 11.4. The van der Waals surface area contributed by atoms with Crippen molar-refractivity contribution in [3.05, 3.63) is 0 Å². The maximum Gasteiger partial charge on any atom is 0.161 e. The van der Waals surface area contributed by atoms with E-state index in [9.17, 15) is 9.90 Å². The lowest BCUT2D eigenvalue weighted by atomic mass is 9.67. The molecule has 1 rings (SSSR count). The Morgan fingerprint density at radius 2 is 2.00 bits per heavy atom. The molecule has 0 spiro atoms. The molecule has 0 amide bonds. The van der Waals surface area contributed by atoms with Crippen LogP contribution in [0.2, 0.25) is 0 Å². The number of hydrogen-bond acceptors (Lipinski definition) is 2. The molecule has 0 aliphatic heterocycles. The van der Waals surface area contributed by atoms with Crippen LogP contribution in [0.1, 0.15) is 47.0 Å². The summed E-state index contributed by atoms with van der Waals surface area (Å²) in [5, 5.41) is 10.3. The molecule has 2 nitrogen and oxygen atoms in total. The van der Waals surface area contributed by atoms with Crippen LogP contribution in [0, 0.1) is 17.8 Å². The van der Waals surface area contributed by atoms with Gasteiger partial charge in [-0.3, -0.25) is 4.79 Å². The SMILES string of the molecule is CC(=O)[C@@]1(O)C[C@H](C(C)C)CC[C@@H]1C. The van der Waals surface area contributed by atoms with Crippen molar-refractivity contribution >= 4 is 5.78 Å². The van der Waals surface area contributed by atoms with Gasteiger partial charge in [-0.15, -0.1) is 0 Å². The van der Waals surface area contributed by atoms with Crippen LogP contribution in [0.3, 0.4) is 0 Å². The molecule has 0 saturated heterocycles. The third-order valence-electron chi connectivity index (χ3n) is 3.91. The zero-order valence-corrected chi connectivity index (χ0v) is 9.71. The standard InChI is InChI=1S/C12H22O2/c1-8(2)11-6-5-9(3)12(14,7-11)10(4)13/h8-9,11,14H,5-7H2,1-4H3/t9-,11+,12+/m0/s1. The molecule has 1 saturated carbocycles. The number of carbonyl (C=O) groups is 1. The first-order valence-electron chi connectivity index (χ1n) is 5.61. The highest BCUT2D eigenvalue weighted by Crippen LogP contribution is 2.40. The summed E-state index contributed by atoms with van der Waals surface area (Å²) in [5.41, 5.74) is -1.05. The van der Waals surface area contributed by atoms with E-state index in [0.29, 0.717) is 18.3 Å². The Hall–Kier alpha value is -0.370. The molecule has 0 radical (unpaired) electrons. The van der Waals surface area contributed by atoms with Crippen LogP contribution in [0.5, 0.6) is 0 Å². The molecule has 1 aliphatic carbocycles. The fourth-order valence-corrected chi connectivity index (χ4v) is 2.47. The molecular weight excluding hydrogens is 176 g/mol. The maximum atomic E-state index is 11.4. The topological polar surface area (TPSA) is 37.3 Å². The molecule has 0 heterocycles. The van der Waals surface area contributed by atoms with Crippen LogP contribution in [-0.2, 0) is 4.79 Å². The minimum absolute atomic E-state index is 0.0599. The van der Waals surface area contributed by atoms with Crippen molar-refractivity contribution in [3.8, 4) is 0 Å². The van der Waals surface area contributed by atoms with Crippen LogP contribution >= 0.6 is 0 Å². The van der Waals surface area contributed by atoms with Gasteiger partial charge in [0.2, 0.25) is 0 Å². The third-order valence-corrected chi connectivity index (χ3v) is 3.91. The van der Waals surface area contributed by atoms with Crippen molar-refractivity contribution in [2.24, 2.45) is 17.8 Å². The lowest BCUT2D eigenvalue weighted by Crippen LogP contribution is -2.48. The molecule has 0 unspecified atom stereocenters. The molecular formula is C12H22O2. The highest BCUT2D eigenvalue weighted by Gasteiger charge is 2.44. The Labute approximate surface area is 86.7 Å². The second-order valence-corrected chi connectivity index (χ2v) is 5.17. The molecule has 1 N–H and O–H groups in total. The summed E-state index contributed by atoms with van der Waals surface area (Å²) < 4.78 is 0. The number of hydrogen-bond donors (Lipinski definition) is 1. The van der Waals surface area contributed by atoms with Crippen molar-refractivity contribution in [3.63, 3.8) is 0 Å². The normalized spacial score (nSPS) is 38.7. The van der Waals surface area contributed by atoms with Gasteiger partial charge in [0.25, 0.3) is 0 Å². The van der Waals surface area contributed by atoms with Gasteiger partial charge in [0.05, 0.1) is 0 Å². The van der Waals surface area contributed by atoms with E-state index in [1.165, 1.54) is 6.92 Å². The van der Waals surface area contributed by atoms with Crippen molar-refractivity contribution in [1.82, 2.24) is 0 Å². The molecule has 3 atom stereocenters. The smallest absolute Gasteiger partial charge is 0.161 e. The van der Waals surface area contributed by atoms with Crippen molar-refractivity contribution in [2.75, 3.05) is 0 Å². The molecule has 14 heavy (non-hydrogen) atoms. The lowest BCUT2D eigenvalue weighted by Gasteiger charge is -2.41. The molecule has 0 bridgehead atoms. The number of rotatable bonds is 2. The number of aliphatic hydroxyl groups is 1. The Bertz CT molecular complexity index is 222. The molecule has 0 aromatic heterocycles. The van der Waals surface area contributed by atoms with Gasteiger partial charge >= 0.3 is 0 Å². The van der Waals surface area contributed by atoms with E-state index >= 15 is 0 Å². The largest absolute Gasteiger partial charge is 0.382 e. The molecule has 0 aromatic rings. The minimum Gasteiger partial charge on any atom is -0.382 e. The number of ketones is 1. The maximum absolute atomic E-state index is 11.4. The Morgan fingerprint density at radius 3 is 2.43 bits per heavy atom. The molecule has 1 aliphatic rings. The van der Waals surface area contributed by atoms with Crippen LogP contribution in [0.15, 0.2) is 0 Å². The number of Topliss-reactive ketones (excluding diaryl/α,β-unsaturated/α-hetero) is 1. The van der Waals surface area contributed by atoms with E-state index in [-0.39, 0.29) is 11.7 Å². The second kappa shape index (κ2) is 4.01. The zero-order valence-electron chi connectivity index (χ0n) is 9.71. The first-order chi connectivity index (χ1) is 6.38.